The third-order valence-electron chi connectivity index (χ3n) is 5.31. The van der Waals surface area contributed by atoms with Gasteiger partial charge in [-0.05, 0) is 49.4 Å². The second-order valence-electron chi connectivity index (χ2n) is 7.58. The van der Waals surface area contributed by atoms with Crippen molar-refractivity contribution in [3.63, 3.8) is 0 Å². The van der Waals surface area contributed by atoms with Gasteiger partial charge in [0.1, 0.15) is 7.05 Å². The first-order valence-corrected chi connectivity index (χ1v) is 9.42. The van der Waals surface area contributed by atoms with Gasteiger partial charge in [-0.1, -0.05) is 32.9 Å². The van der Waals surface area contributed by atoms with E-state index in [1.54, 1.807) is 6.92 Å². The molecule has 1 aromatic carbocycles. The molecule has 4 aromatic rings. The minimum atomic E-state index is -1.41. The van der Waals surface area contributed by atoms with Crippen LogP contribution in [0.15, 0.2) is 40.9 Å². The van der Waals surface area contributed by atoms with Crippen LogP contribution in [-0.4, -0.2) is 4.98 Å². The Morgan fingerprint density at radius 1 is 1.15 bits per heavy atom. The monoisotopic (exact) mass is 361 g/mol. The van der Waals surface area contributed by atoms with Crippen LogP contribution in [0.1, 0.15) is 51.8 Å². The molecule has 0 spiro atoms. The molecule has 138 valence electrons. The summed E-state index contributed by atoms with van der Waals surface area (Å²) < 4.78 is 24.8. The number of aromatic nitrogens is 2. The van der Waals surface area contributed by atoms with Crippen LogP contribution in [0.2, 0.25) is 0 Å². The molecule has 0 fully saturated rings. The Morgan fingerprint density at radius 3 is 2.59 bits per heavy atom. The van der Waals surface area contributed by atoms with Gasteiger partial charge in [-0.15, -0.1) is 0 Å². The van der Waals surface area contributed by atoms with Gasteiger partial charge in [-0.25, -0.2) is 9.55 Å². The molecule has 3 heteroatoms. The van der Waals surface area contributed by atoms with Crippen molar-refractivity contribution in [2.45, 2.75) is 46.9 Å². The summed E-state index contributed by atoms with van der Waals surface area (Å²) in [6, 6.07) is 10.4. The minimum Gasteiger partial charge on any atom is -0.437 e. The molecule has 0 amide bonds. The fourth-order valence-electron chi connectivity index (χ4n) is 3.83. The molecular weight excluding hydrogens is 332 g/mol. The van der Waals surface area contributed by atoms with Crippen LogP contribution in [0.25, 0.3) is 33.3 Å². The molecule has 0 atom stereocenters. The van der Waals surface area contributed by atoms with E-state index in [-0.39, 0.29) is 5.92 Å². The molecule has 3 aromatic heterocycles. The van der Waals surface area contributed by atoms with Crippen LogP contribution in [-0.2, 0) is 13.4 Å². The van der Waals surface area contributed by atoms with Gasteiger partial charge in [0.2, 0.25) is 11.4 Å². The summed E-state index contributed by atoms with van der Waals surface area (Å²) in [6.07, 6.45) is 0.520. The normalized spacial score (nSPS) is 13.4. The molecule has 0 bridgehead atoms. The molecule has 27 heavy (non-hydrogen) atoms. The number of hydrogen-bond acceptors (Lipinski definition) is 2. The third-order valence-corrected chi connectivity index (χ3v) is 5.31. The van der Waals surface area contributed by atoms with Gasteiger partial charge in [0, 0.05) is 30.8 Å². The van der Waals surface area contributed by atoms with E-state index >= 15 is 0 Å². The summed E-state index contributed by atoms with van der Waals surface area (Å²) >= 11 is 0. The molecule has 0 unspecified atom stereocenters. The maximum Gasteiger partial charge on any atom is 0.227 e. The Labute approximate surface area is 163 Å². The van der Waals surface area contributed by atoms with E-state index < -0.39 is 6.37 Å². The van der Waals surface area contributed by atoms with E-state index in [0.717, 1.165) is 50.0 Å². The number of benzene rings is 1. The molecule has 0 radical (unpaired) electrons. The van der Waals surface area contributed by atoms with Gasteiger partial charge in [0.05, 0.1) is 5.56 Å². The Balaban J connectivity index is 2.08. The molecule has 0 saturated carbocycles. The molecule has 0 N–H and O–H groups in total. The van der Waals surface area contributed by atoms with Crippen LogP contribution in [0.3, 0.4) is 0 Å². The highest BCUT2D eigenvalue weighted by Gasteiger charge is 2.23. The first kappa shape index (κ1) is 15.4. The van der Waals surface area contributed by atoms with Crippen molar-refractivity contribution in [2.75, 3.05) is 0 Å². The standard InChI is InChI=1S/C24H27N2O/c1-7-17-13-26(6)21(12-20(17)14(2)3)22-15(4)8-10-18-19-11-9-16(5)25-24(19)27-23(18)22/h8-14H,7H2,1-6H3/q+1/i7D2. The molecule has 3 nitrogen and oxygen atoms in total. The predicted molar refractivity (Wildman–Crippen MR) is 111 cm³/mol. The number of rotatable bonds is 3. The van der Waals surface area contributed by atoms with Gasteiger partial charge in [-0.3, -0.25) is 0 Å². The predicted octanol–water partition coefficient (Wildman–Crippen LogP) is 5.78. The molecule has 0 aliphatic heterocycles. The molecule has 0 aliphatic carbocycles. The fraction of sp³-hybridized carbons (Fsp3) is 0.333. The number of furan rings is 1. The molecule has 0 aliphatic rings. The average molecular weight is 362 g/mol. The van der Waals surface area contributed by atoms with Crippen LogP contribution >= 0.6 is 0 Å². The number of hydrogen-bond donors (Lipinski definition) is 0. The Morgan fingerprint density at radius 2 is 1.89 bits per heavy atom. The summed E-state index contributed by atoms with van der Waals surface area (Å²) in [6.45, 7) is 9.88. The van der Waals surface area contributed by atoms with Crippen molar-refractivity contribution in [3.8, 4) is 11.3 Å². The van der Waals surface area contributed by atoms with Crippen molar-refractivity contribution in [1.82, 2.24) is 4.98 Å². The van der Waals surface area contributed by atoms with Crippen LogP contribution < -0.4 is 4.57 Å². The quantitative estimate of drug-likeness (QED) is 0.433. The lowest BCUT2D eigenvalue weighted by atomic mass is 9.93. The smallest absolute Gasteiger partial charge is 0.227 e. The average Bonchev–Trinajstić information content (AvgIpc) is 2.98. The SMILES string of the molecule is [2H]C([2H])(C)c1c[n+](C)c(-c2c(C)ccc3c2oc2nc(C)ccc23)cc1C(C)C. The maximum atomic E-state index is 8.27. The summed E-state index contributed by atoms with van der Waals surface area (Å²) in [4.78, 5) is 4.57. The zero-order chi connectivity index (χ0) is 21.1. The van der Waals surface area contributed by atoms with Crippen LogP contribution in [0, 0.1) is 13.8 Å². The van der Waals surface area contributed by atoms with Gasteiger partial charge in [0.15, 0.2) is 11.8 Å². The lowest BCUT2D eigenvalue weighted by Gasteiger charge is -2.13. The molecule has 0 saturated heterocycles. The second-order valence-corrected chi connectivity index (χ2v) is 7.58. The van der Waals surface area contributed by atoms with Crippen LogP contribution in [0.4, 0.5) is 0 Å². The van der Waals surface area contributed by atoms with E-state index in [2.05, 4.69) is 50.0 Å². The molecule has 3 heterocycles. The van der Waals surface area contributed by atoms with Gasteiger partial charge in [0.25, 0.3) is 0 Å². The second kappa shape index (κ2) is 6.49. The third kappa shape index (κ3) is 2.82. The van der Waals surface area contributed by atoms with E-state index in [4.69, 9.17) is 7.16 Å². The van der Waals surface area contributed by atoms with Crippen molar-refractivity contribution in [2.24, 2.45) is 7.05 Å². The Kier molecular flexibility index (Phi) is 3.70. The van der Waals surface area contributed by atoms with Gasteiger partial charge >= 0.3 is 0 Å². The van der Waals surface area contributed by atoms with Crippen molar-refractivity contribution >= 4 is 22.1 Å². The topological polar surface area (TPSA) is 29.9 Å². The number of nitrogens with zero attached hydrogens (tertiary/aromatic N) is 2. The number of pyridine rings is 2. The minimum absolute atomic E-state index is 0.208. The van der Waals surface area contributed by atoms with Crippen molar-refractivity contribution in [1.29, 1.82) is 0 Å². The summed E-state index contributed by atoms with van der Waals surface area (Å²) in [5, 5.41) is 2.06. The highest BCUT2D eigenvalue weighted by molar-refractivity contribution is 6.08. The summed E-state index contributed by atoms with van der Waals surface area (Å²) in [5.74, 6) is 0.208. The first-order chi connectivity index (χ1) is 13.6. The largest absolute Gasteiger partial charge is 0.437 e. The lowest BCUT2D eigenvalue weighted by Crippen LogP contribution is -2.32. The Hall–Kier alpha value is -2.68. The lowest BCUT2D eigenvalue weighted by molar-refractivity contribution is -0.660. The van der Waals surface area contributed by atoms with Crippen LogP contribution in [0.5, 0.6) is 0 Å². The molecular formula is C24H27N2O+. The Bertz CT molecular complexity index is 1250. The van der Waals surface area contributed by atoms with E-state index in [9.17, 15) is 0 Å². The van der Waals surface area contributed by atoms with Crippen molar-refractivity contribution < 1.29 is 11.7 Å². The van der Waals surface area contributed by atoms with E-state index in [1.807, 2.05) is 30.8 Å². The van der Waals surface area contributed by atoms with Gasteiger partial charge in [-0.2, -0.15) is 0 Å². The summed E-state index contributed by atoms with van der Waals surface area (Å²) in [7, 11) is 1.97. The van der Waals surface area contributed by atoms with Gasteiger partial charge < -0.3 is 4.42 Å². The highest BCUT2D eigenvalue weighted by atomic mass is 16.3. The molecule has 4 rings (SSSR count). The van der Waals surface area contributed by atoms with E-state index in [0.29, 0.717) is 5.71 Å². The zero-order valence-corrected chi connectivity index (χ0v) is 16.8. The maximum absolute atomic E-state index is 8.27. The number of aryl methyl sites for hydroxylation is 4. The van der Waals surface area contributed by atoms with E-state index in [1.165, 1.54) is 0 Å². The summed E-state index contributed by atoms with van der Waals surface area (Å²) in [5.41, 5.74) is 7.32. The van der Waals surface area contributed by atoms with Crippen molar-refractivity contribution in [3.05, 3.63) is 58.9 Å². The first-order valence-electron chi connectivity index (χ1n) is 10.4. The zero-order valence-electron chi connectivity index (χ0n) is 18.8. The number of fused-ring (bicyclic) bond motifs is 3. The fourth-order valence-corrected chi connectivity index (χ4v) is 3.83. The highest BCUT2D eigenvalue weighted by Crippen LogP contribution is 2.37.